The smallest absolute Gasteiger partial charge is 0.344 e. The van der Waals surface area contributed by atoms with Gasteiger partial charge in [-0.05, 0) is 95.7 Å². The number of nitrogens with zero attached hydrogens (tertiary/aromatic N) is 1. The molecule has 0 bridgehead atoms. The number of halogens is 1. The molecule has 0 spiro atoms. The summed E-state index contributed by atoms with van der Waals surface area (Å²) in [6, 6.07) is 20.4. The standard InChI is InChI=1S/C25H22IN3O5/c1-2-33-19-13-9-18(10-14-19)24(31)27-16-23(30)29-28-15-17-7-11-20(12-8-17)34-25(32)21-5-3-4-6-22(21)26/h3-15H,2,16H2,1H3,(H,27,31)(H,29,30)/b28-15-. The fourth-order valence-electron chi connectivity index (χ4n) is 2.76. The third-order valence-corrected chi connectivity index (χ3v) is 5.36. The van der Waals surface area contributed by atoms with Crippen LogP contribution in [0.1, 0.15) is 33.2 Å². The van der Waals surface area contributed by atoms with E-state index in [1.54, 1.807) is 60.7 Å². The highest BCUT2D eigenvalue weighted by molar-refractivity contribution is 14.1. The predicted molar refractivity (Wildman–Crippen MR) is 136 cm³/mol. The molecule has 2 N–H and O–H groups in total. The fraction of sp³-hybridized carbons (Fsp3) is 0.120. The first-order valence-electron chi connectivity index (χ1n) is 10.4. The van der Waals surface area contributed by atoms with Gasteiger partial charge in [-0.3, -0.25) is 9.59 Å². The SMILES string of the molecule is CCOc1ccc(C(=O)NCC(=O)N/N=C\c2ccc(OC(=O)c3ccccc3I)cc2)cc1. The maximum absolute atomic E-state index is 12.3. The maximum atomic E-state index is 12.3. The predicted octanol–water partition coefficient (Wildman–Crippen LogP) is 3.79. The van der Waals surface area contributed by atoms with Crippen LogP contribution in [0.3, 0.4) is 0 Å². The van der Waals surface area contributed by atoms with Crippen LogP contribution in [-0.4, -0.2) is 37.1 Å². The molecule has 8 nitrogen and oxygen atoms in total. The van der Waals surface area contributed by atoms with Crippen LogP contribution >= 0.6 is 22.6 Å². The van der Waals surface area contributed by atoms with Gasteiger partial charge >= 0.3 is 5.97 Å². The van der Waals surface area contributed by atoms with Crippen LogP contribution in [0.5, 0.6) is 11.5 Å². The number of hydrogen-bond acceptors (Lipinski definition) is 6. The first-order valence-corrected chi connectivity index (χ1v) is 11.4. The fourth-order valence-corrected chi connectivity index (χ4v) is 3.37. The third-order valence-electron chi connectivity index (χ3n) is 4.42. The summed E-state index contributed by atoms with van der Waals surface area (Å²) >= 11 is 2.08. The molecule has 0 atom stereocenters. The molecule has 3 rings (SSSR count). The molecule has 0 radical (unpaired) electrons. The number of amides is 2. The minimum Gasteiger partial charge on any atom is -0.494 e. The first-order chi connectivity index (χ1) is 16.5. The van der Waals surface area contributed by atoms with Crippen LogP contribution in [0.15, 0.2) is 77.9 Å². The van der Waals surface area contributed by atoms with Crippen molar-refractivity contribution < 1.29 is 23.9 Å². The van der Waals surface area contributed by atoms with E-state index in [2.05, 4.69) is 38.4 Å². The molecule has 9 heteroatoms. The van der Waals surface area contributed by atoms with Crippen molar-refractivity contribution in [1.29, 1.82) is 0 Å². The third kappa shape index (κ3) is 7.41. The Labute approximate surface area is 210 Å². The van der Waals surface area contributed by atoms with Crippen LogP contribution in [0, 0.1) is 3.57 Å². The van der Waals surface area contributed by atoms with Crippen LogP contribution in [0.25, 0.3) is 0 Å². The number of esters is 1. The lowest BCUT2D eigenvalue weighted by atomic mass is 10.2. The number of hydrazone groups is 1. The summed E-state index contributed by atoms with van der Waals surface area (Å²) in [5.41, 5.74) is 3.95. The molecule has 0 fully saturated rings. The van der Waals surface area contributed by atoms with Gasteiger partial charge in [0.15, 0.2) is 0 Å². The van der Waals surface area contributed by atoms with E-state index >= 15 is 0 Å². The Kier molecular flexibility index (Phi) is 9.15. The Morgan fingerprint density at radius 3 is 2.29 bits per heavy atom. The van der Waals surface area contributed by atoms with Gasteiger partial charge in [0.05, 0.1) is 24.9 Å². The quantitative estimate of drug-likeness (QED) is 0.134. The van der Waals surface area contributed by atoms with Gasteiger partial charge in [-0.15, -0.1) is 0 Å². The van der Waals surface area contributed by atoms with Crippen molar-refractivity contribution in [3.8, 4) is 11.5 Å². The van der Waals surface area contributed by atoms with Gasteiger partial charge in [0.1, 0.15) is 11.5 Å². The molecular weight excluding hydrogens is 549 g/mol. The first kappa shape index (κ1) is 24.9. The highest BCUT2D eigenvalue weighted by atomic mass is 127. The minimum atomic E-state index is -0.474. The second-order valence-electron chi connectivity index (χ2n) is 6.87. The lowest BCUT2D eigenvalue weighted by Crippen LogP contribution is -2.34. The molecule has 0 aliphatic rings. The number of carbonyl (C=O) groups is 3. The summed E-state index contributed by atoms with van der Waals surface area (Å²) in [5.74, 6) is -0.229. The molecule has 2 amide bonds. The highest BCUT2D eigenvalue weighted by Crippen LogP contribution is 2.17. The molecule has 174 valence electrons. The van der Waals surface area contributed by atoms with Gasteiger partial charge in [0.2, 0.25) is 0 Å². The summed E-state index contributed by atoms with van der Waals surface area (Å²) in [6.07, 6.45) is 1.44. The van der Waals surface area contributed by atoms with E-state index in [0.717, 1.165) is 3.57 Å². The van der Waals surface area contributed by atoms with E-state index in [0.29, 0.717) is 34.8 Å². The number of ether oxygens (including phenoxy) is 2. The van der Waals surface area contributed by atoms with Crippen LogP contribution < -0.4 is 20.2 Å². The second-order valence-corrected chi connectivity index (χ2v) is 8.03. The monoisotopic (exact) mass is 571 g/mol. The van der Waals surface area contributed by atoms with Crippen molar-refractivity contribution in [3.05, 3.63) is 93.1 Å². The van der Waals surface area contributed by atoms with Gasteiger partial charge in [0, 0.05) is 9.13 Å². The summed E-state index contributed by atoms with van der Waals surface area (Å²) in [7, 11) is 0. The molecule has 34 heavy (non-hydrogen) atoms. The van der Waals surface area contributed by atoms with E-state index in [4.69, 9.17) is 9.47 Å². The summed E-state index contributed by atoms with van der Waals surface area (Å²) < 4.78 is 11.5. The largest absolute Gasteiger partial charge is 0.494 e. The Morgan fingerprint density at radius 1 is 0.941 bits per heavy atom. The van der Waals surface area contributed by atoms with Crippen molar-refractivity contribution in [2.75, 3.05) is 13.2 Å². The zero-order valence-electron chi connectivity index (χ0n) is 18.3. The number of carbonyl (C=O) groups excluding carboxylic acids is 3. The maximum Gasteiger partial charge on any atom is 0.344 e. The van der Waals surface area contributed by atoms with Crippen molar-refractivity contribution in [2.45, 2.75) is 6.92 Å². The zero-order chi connectivity index (χ0) is 24.3. The number of rotatable bonds is 9. The second kappa shape index (κ2) is 12.5. The van der Waals surface area contributed by atoms with Crippen LogP contribution in [-0.2, 0) is 4.79 Å². The topological polar surface area (TPSA) is 106 Å². The van der Waals surface area contributed by atoms with E-state index < -0.39 is 11.9 Å². The lowest BCUT2D eigenvalue weighted by Gasteiger charge is -2.06. The van der Waals surface area contributed by atoms with Crippen molar-refractivity contribution >= 4 is 46.6 Å². The normalized spacial score (nSPS) is 10.5. The Balaban J connectivity index is 1.44. The van der Waals surface area contributed by atoms with E-state index in [9.17, 15) is 14.4 Å². The molecular formula is C25H22IN3O5. The van der Waals surface area contributed by atoms with E-state index in [-0.39, 0.29) is 12.5 Å². The van der Waals surface area contributed by atoms with Crippen LogP contribution in [0.4, 0.5) is 0 Å². The molecule has 0 heterocycles. The molecule has 0 saturated carbocycles. The van der Waals surface area contributed by atoms with Gasteiger partial charge in [-0.1, -0.05) is 12.1 Å². The summed E-state index contributed by atoms with van der Waals surface area (Å²) in [6.45, 7) is 2.19. The Bertz CT molecular complexity index is 1180. The molecule has 0 unspecified atom stereocenters. The molecule has 3 aromatic rings. The molecule has 0 aromatic heterocycles. The Morgan fingerprint density at radius 2 is 1.62 bits per heavy atom. The Hall–Kier alpha value is -3.73. The van der Waals surface area contributed by atoms with Crippen molar-refractivity contribution in [3.63, 3.8) is 0 Å². The molecule has 0 aliphatic heterocycles. The van der Waals surface area contributed by atoms with Crippen molar-refractivity contribution in [2.24, 2.45) is 5.10 Å². The summed E-state index contributed by atoms with van der Waals surface area (Å²) in [5, 5.41) is 6.40. The summed E-state index contributed by atoms with van der Waals surface area (Å²) in [4.78, 5) is 36.3. The van der Waals surface area contributed by atoms with E-state index in [1.807, 2.05) is 19.1 Å². The van der Waals surface area contributed by atoms with Gasteiger partial charge in [-0.25, -0.2) is 10.2 Å². The van der Waals surface area contributed by atoms with E-state index in [1.165, 1.54) is 6.21 Å². The van der Waals surface area contributed by atoms with Crippen molar-refractivity contribution in [1.82, 2.24) is 10.7 Å². The highest BCUT2D eigenvalue weighted by Gasteiger charge is 2.11. The zero-order valence-corrected chi connectivity index (χ0v) is 20.4. The lowest BCUT2D eigenvalue weighted by molar-refractivity contribution is -0.120. The van der Waals surface area contributed by atoms with Gasteiger partial charge in [-0.2, -0.15) is 5.10 Å². The molecule has 3 aromatic carbocycles. The molecule has 0 saturated heterocycles. The average molecular weight is 571 g/mol. The van der Waals surface area contributed by atoms with Crippen LogP contribution in [0.2, 0.25) is 0 Å². The average Bonchev–Trinajstić information content (AvgIpc) is 2.84. The number of benzene rings is 3. The molecule has 0 aliphatic carbocycles. The number of nitrogens with one attached hydrogen (secondary N) is 2. The van der Waals surface area contributed by atoms with Gasteiger partial charge in [0.25, 0.3) is 11.8 Å². The number of hydrogen-bond donors (Lipinski definition) is 2. The minimum absolute atomic E-state index is 0.226. The van der Waals surface area contributed by atoms with Gasteiger partial charge < -0.3 is 14.8 Å².